The average molecular weight is 1350 g/mol. The second-order valence-electron chi connectivity index (χ2n) is 23.2. The zero-order chi connectivity index (χ0) is 68.3. The highest BCUT2D eigenvalue weighted by Crippen LogP contribution is 2.41. The Kier molecular flexibility index (Phi) is 26.6. The monoisotopic (exact) mass is 1350 g/mol. The van der Waals surface area contributed by atoms with Gasteiger partial charge in [0.25, 0.3) is 5.79 Å². The lowest BCUT2D eigenvalue weighted by Gasteiger charge is -2.52. The topological polar surface area (TPSA) is 649 Å². The molecule has 7 heterocycles. The van der Waals surface area contributed by atoms with Crippen molar-refractivity contribution >= 4 is 23.7 Å². The van der Waals surface area contributed by atoms with Crippen LogP contribution in [0.25, 0.3) is 0 Å². The normalized spacial score (nSPS) is 47.6. The smallest absolute Gasteiger partial charge is 0.364 e. The van der Waals surface area contributed by atoms with E-state index in [1.807, 2.05) is 0 Å². The van der Waals surface area contributed by atoms with E-state index >= 15 is 0 Å². The van der Waals surface area contributed by atoms with Crippen LogP contribution in [0.1, 0.15) is 34.1 Å². The third-order valence-corrected chi connectivity index (χ3v) is 16.7. The van der Waals surface area contributed by atoms with E-state index in [-0.39, 0.29) is 0 Å². The molecule has 0 aromatic rings. The largest absolute Gasteiger partial charge is 0.477 e. The standard InChI is InChI=1S/C51H85N3O38/c1-12-26(65)32(71)35(74)47(81-12)89-41-25(54-15(4)62)46(86-21(10-59)39(41)88-49-37(76)42(30(69)19(8-57)84-49)92-51(50(78)79)5-16(63)23(52-13(2)60)40(91-51)27(66)17(64)6-55)90-43-34(73)29(68)22(82-44(43)77)11-80-45-24(53-14(3)61)31(70)38(20(9-58)85-45)87-48-36(75)33(72)28(67)18(7-56)83-48/h12,16-49,55-59,63-77H,5-11H2,1-4H3,(H,52,60)(H,53,61)(H,54,62)(H,78,79)/t12-,16-,17+,18+,19+,20+,21+,22+,23+,24+,25+,26+,27+,28-,29+,30-,31+,32+,33-,34-,35-,36+,37+,38+,39+,40+,41+,42-,43-,44-,45+,46-,47-,48-,49-,51-/m0/s1. The molecule has 41 heteroatoms. The van der Waals surface area contributed by atoms with E-state index in [9.17, 15) is 126 Å². The molecule has 7 saturated heterocycles. The first-order chi connectivity index (χ1) is 43.3. The van der Waals surface area contributed by atoms with E-state index in [2.05, 4.69) is 16.0 Å². The molecule has 92 heavy (non-hydrogen) atoms. The zero-order valence-electron chi connectivity index (χ0n) is 49.5. The number of aliphatic carboxylic acids is 1. The van der Waals surface area contributed by atoms with Gasteiger partial charge < -0.3 is 185 Å². The molecule has 532 valence electrons. The van der Waals surface area contributed by atoms with Gasteiger partial charge in [0, 0.05) is 27.2 Å². The van der Waals surface area contributed by atoms with Crippen LogP contribution < -0.4 is 16.0 Å². The van der Waals surface area contributed by atoms with Gasteiger partial charge in [-0.1, -0.05) is 0 Å². The molecule has 3 amide bonds. The van der Waals surface area contributed by atoms with Crippen LogP contribution in [0.4, 0.5) is 0 Å². The summed E-state index contributed by atoms with van der Waals surface area (Å²) in [6.07, 6.45) is -65.9. The van der Waals surface area contributed by atoms with E-state index in [1.54, 1.807) is 0 Å². The van der Waals surface area contributed by atoms with Gasteiger partial charge in [-0.3, -0.25) is 14.4 Å². The highest BCUT2D eigenvalue weighted by Gasteiger charge is 2.62. The summed E-state index contributed by atoms with van der Waals surface area (Å²) in [7, 11) is 0. The Balaban J connectivity index is 1.14. The first kappa shape index (κ1) is 75.9. The molecule has 7 rings (SSSR count). The van der Waals surface area contributed by atoms with Crippen molar-refractivity contribution in [2.75, 3.05) is 39.6 Å². The SMILES string of the molecule is CC(=O)N[C@H]1[C@H](OC[C@H]2O[C@H](O)[C@@H](O[C@@H]3O[C@H](CO)[C@@H](O[C@@H]4O[C@H](CO)[C@H](O)[C@H](O[C@]5(C(=O)O)C[C@H](O)[C@@H](NC(C)=O)[C@H]([C@H](O)[C@H](O)CO)O5)[C@H]4O)[C@H](O[C@@H]4O[C@@H](C)[C@@H](O)[C@@H](O)[C@@H]4O)[C@H]3NC(C)=O)[C@@H](O)[C@@H]2O)O[C@H](CO)[C@@H](O[C@@H]2O[C@H](CO)[C@H](O)[C@H](O)[C@H]2O)[C@@H]1O. The van der Waals surface area contributed by atoms with Gasteiger partial charge in [0.1, 0.15) is 159 Å². The lowest BCUT2D eigenvalue weighted by Crippen LogP contribution is -2.72. The van der Waals surface area contributed by atoms with Gasteiger partial charge in [-0.25, -0.2) is 4.79 Å². The molecule has 0 aliphatic carbocycles. The minimum absolute atomic E-state index is 0.808. The highest BCUT2D eigenvalue weighted by molar-refractivity contribution is 5.77. The zero-order valence-corrected chi connectivity index (χ0v) is 49.5. The van der Waals surface area contributed by atoms with Crippen LogP contribution in [0.2, 0.25) is 0 Å². The summed E-state index contributed by atoms with van der Waals surface area (Å²) in [6.45, 7) is -2.17. The van der Waals surface area contributed by atoms with E-state index in [0.717, 1.165) is 20.8 Å². The van der Waals surface area contributed by atoms with Crippen molar-refractivity contribution in [3.8, 4) is 0 Å². The van der Waals surface area contributed by atoms with Gasteiger partial charge in [0.15, 0.2) is 37.7 Å². The molecule has 0 aromatic carbocycles. The molecule has 36 atom stereocenters. The first-order valence-corrected chi connectivity index (χ1v) is 29.1. The molecular formula is C51H85N3O38. The number of carboxylic acids is 1. The van der Waals surface area contributed by atoms with Crippen molar-refractivity contribution in [3.63, 3.8) is 0 Å². The maximum absolute atomic E-state index is 13.2. The molecule has 7 aliphatic rings. The summed E-state index contributed by atoms with van der Waals surface area (Å²) < 4.78 is 75.5. The second kappa shape index (κ2) is 32.3. The summed E-state index contributed by atoms with van der Waals surface area (Å²) >= 11 is 0. The number of carbonyl (C=O) groups is 4. The number of aliphatic hydroxyl groups is 20. The molecule has 41 nitrogen and oxygen atoms in total. The Bertz CT molecular complexity index is 2400. The summed E-state index contributed by atoms with van der Waals surface area (Å²) in [5.74, 6) is -8.03. The number of rotatable bonds is 24. The number of carbonyl (C=O) groups excluding carboxylic acids is 3. The third kappa shape index (κ3) is 16.4. The Hall–Kier alpha value is -3.44. The number of amides is 3. The molecule has 0 spiro atoms. The van der Waals surface area contributed by atoms with Crippen LogP contribution in [-0.4, -0.2) is 391 Å². The van der Waals surface area contributed by atoms with Gasteiger partial charge in [0.05, 0.1) is 57.9 Å². The molecule has 7 fully saturated rings. The van der Waals surface area contributed by atoms with Gasteiger partial charge in [-0.05, 0) is 6.92 Å². The number of carboxylic acid groups (broad SMARTS) is 1. The van der Waals surface area contributed by atoms with Crippen LogP contribution in [0.3, 0.4) is 0 Å². The predicted octanol–water partition coefficient (Wildman–Crippen LogP) is -15.6. The average Bonchev–Trinajstić information content (AvgIpc) is 0.790. The van der Waals surface area contributed by atoms with Crippen LogP contribution >= 0.6 is 0 Å². The number of nitrogens with one attached hydrogen (secondary N) is 3. The van der Waals surface area contributed by atoms with Crippen molar-refractivity contribution in [3.05, 3.63) is 0 Å². The van der Waals surface area contributed by atoms with Crippen LogP contribution in [0.5, 0.6) is 0 Å². The van der Waals surface area contributed by atoms with Crippen molar-refractivity contribution < 1.29 is 188 Å². The Morgan fingerprint density at radius 2 is 0.935 bits per heavy atom. The fraction of sp³-hybridized carbons (Fsp3) is 0.922. The van der Waals surface area contributed by atoms with E-state index in [1.165, 1.54) is 6.92 Å². The van der Waals surface area contributed by atoms with E-state index < -0.39 is 290 Å². The third-order valence-electron chi connectivity index (χ3n) is 16.7. The Morgan fingerprint density at radius 3 is 1.50 bits per heavy atom. The Labute approximate surface area is 520 Å². The molecule has 7 aliphatic heterocycles. The summed E-state index contributed by atoms with van der Waals surface area (Å²) in [5.41, 5.74) is 0. The fourth-order valence-electron chi connectivity index (χ4n) is 11.7. The van der Waals surface area contributed by atoms with E-state index in [4.69, 9.17) is 61.6 Å². The van der Waals surface area contributed by atoms with Crippen molar-refractivity contribution in [2.24, 2.45) is 0 Å². The van der Waals surface area contributed by atoms with Crippen LogP contribution in [0, 0.1) is 0 Å². The van der Waals surface area contributed by atoms with Crippen molar-refractivity contribution in [2.45, 2.75) is 254 Å². The maximum atomic E-state index is 13.2. The molecular weight excluding hydrogens is 1260 g/mol. The lowest BCUT2D eigenvalue weighted by molar-refractivity contribution is -0.398. The second-order valence-corrected chi connectivity index (χ2v) is 23.2. The molecule has 0 aromatic heterocycles. The first-order valence-electron chi connectivity index (χ1n) is 29.1. The maximum Gasteiger partial charge on any atom is 0.364 e. The van der Waals surface area contributed by atoms with Gasteiger partial charge >= 0.3 is 5.97 Å². The summed E-state index contributed by atoms with van der Waals surface area (Å²) in [4.78, 5) is 51.0. The van der Waals surface area contributed by atoms with Gasteiger partial charge in [-0.2, -0.15) is 0 Å². The number of aliphatic hydroxyl groups excluding tert-OH is 20. The number of hydrogen-bond donors (Lipinski definition) is 24. The van der Waals surface area contributed by atoms with Crippen molar-refractivity contribution in [1.29, 1.82) is 0 Å². The number of hydrogen-bond acceptors (Lipinski definition) is 37. The van der Waals surface area contributed by atoms with Crippen molar-refractivity contribution in [1.82, 2.24) is 16.0 Å². The minimum atomic E-state index is -3.27. The number of ether oxygens (including phenoxy) is 13. The molecule has 24 N–H and O–H groups in total. The van der Waals surface area contributed by atoms with Gasteiger partial charge in [-0.15, -0.1) is 0 Å². The summed E-state index contributed by atoms with van der Waals surface area (Å²) in [5, 5.41) is 235. The predicted molar refractivity (Wildman–Crippen MR) is 282 cm³/mol. The minimum Gasteiger partial charge on any atom is -0.477 e. The molecule has 0 saturated carbocycles. The highest BCUT2D eigenvalue weighted by atomic mass is 16.8. The fourth-order valence-corrected chi connectivity index (χ4v) is 11.7. The lowest BCUT2D eigenvalue weighted by atomic mass is 9.88. The molecule has 0 bridgehead atoms. The molecule has 0 radical (unpaired) electrons. The Morgan fingerprint density at radius 1 is 0.467 bits per heavy atom. The summed E-state index contributed by atoms with van der Waals surface area (Å²) in [6, 6.07) is -5.34. The van der Waals surface area contributed by atoms with Gasteiger partial charge in [0.2, 0.25) is 17.7 Å². The van der Waals surface area contributed by atoms with Crippen LogP contribution in [-0.2, 0) is 80.8 Å². The van der Waals surface area contributed by atoms with E-state index in [0.29, 0.717) is 0 Å². The molecule has 0 unspecified atom stereocenters. The quantitative estimate of drug-likeness (QED) is 0.0427. The van der Waals surface area contributed by atoms with Crippen LogP contribution in [0.15, 0.2) is 0 Å².